The fourth-order valence-corrected chi connectivity index (χ4v) is 2.69. The third kappa shape index (κ3) is 2.68. The molecule has 0 heterocycles. The summed E-state index contributed by atoms with van der Waals surface area (Å²) in [5.41, 5.74) is 1.34. The van der Waals surface area contributed by atoms with Crippen molar-refractivity contribution in [3.05, 3.63) is 47.0 Å². The minimum atomic E-state index is 0.382. The van der Waals surface area contributed by atoms with Crippen LogP contribution in [0.3, 0.4) is 0 Å². The van der Waals surface area contributed by atoms with Gasteiger partial charge in [0, 0.05) is 16.5 Å². The maximum atomic E-state index is 6.26. The van der Waals surface area contributed by atoms with E-state index in [1.807, 2.05) is 19.2 Å². The van der Waals surface area contributed by atoms with E-state index in [4.69, 9.17) is 11.6 Å². The fourth-order valence-electron chi connectivity index (χ4n) is 2.46. The third-order valence-electron chi connectivity index (χ3n) is 3.34. The number of nitrogens with one attached hydrogen (secondary N) is 1. The predicted molar refractivity (Wildman–Crippen MR) is 80.2 cm³/mol. The molecule has 0 amide bonds. The van der Waals surface area contributed by atoms with Crippen molar-refractivity contribution in [1.82, 2.24) is 5.32 Å². The first kappa shape index (κ1) is 13.4. The first-order chi connectivity index (χ1) is 8.63. The summed E-state index contributed by atoms with van der Waals surface area (Å²) in [6, 6.07) is 12.9. The minimum Gasteiger partial charge on any atom is -0.313 e. The van der Waals surface area contributed by atoms with Gasteiger partial charge in [-0.15, -0.1) is 0 Å². The molecule has 1 nitrogen and oxygen atoms in total. The van der Waals surface area contributed by atoms with E-state index >= 15 is 0 Å². The highest BCUT2D eigenvalue weighted by Crippen LogP contribution is 2.32. The molecule has 0 bridgehead atoms. The molecule has 1 atom stereocenters. The standard InChI is InChI=1S/C16H20ClN/c1-11(2)10-16(18-3)14-8-9-15(17)13-7-5-4-6-12(13)14/h4-9,11,16,18H,10H2,1-3H3. The second-order valence-corrected chi connectivity index (χ2v) is 5.56. The molecular weight excluding hydrogens is 242 g/mol. The Morgan fingerprint density at radius 2 is 1.72 bits per heavy atom. The molecule has 0 saturated heterocycles. The van der Waals surface area contributed by atoms with E-state index in [9.17, 15) is 0 Å². The maximum Gasteiger partial charge on any atom is 0.0484 e. The molecule has 2 aromatic carbocycles. The van der Waals surface area contributed by atoms with Crippen LogP contribution in [0.1, 0.15) is 31.9 Å². The summed E-state index contributed by atoms with van der Waals surface area (Å²) in [5.74, 6) is 0.664. The lowest BCUT2D eigenvalue weighted by Gasteiger charge is -2.21. The van der Waals surface area contributed by atoms with Gasteiger partial charge in [0.25, 0.3) is 0 Å². The smallest absolute Gasteiger partial charge is 0.0484 e. The van der Waals surface area contributed by atoms with Crippen LogP contribution in [0, 0.1) is 5.92 Å². The largest absolute Gasteiger partial charge is 0.313 e. The third-order valence-corrected chi connectivity index (χ3v) is 3.67. The highest BCUT2D eigenvalue weighted by atomic mass is 35.5. The Morgan fingerprint density at radius 1 is 1.06 bits per heavy atom. The summed E-state index contributed by atoms with van der Waals surface area (Å²) in [6.07, 6.45) is 1.13. The van der Waals surface area contributed by atoms with E-state index in [1.54, 1.807) is 0 Å². The van der Waals surface area contributed by atoms with Gasteiger partial charge in [-0.05, 0) is 36.4 Å². The minimum absolute atomic E-state index is 0.382. The summed E-state index contributed by atoms with van der Waals surface area (Å²) in [7, 11) is 2.02. The maximum absolute atomic E-state index is 6.26. The van der Waals surface area contributed by atoms with Crippen LogP contribution in [-0.2, 0) is 0 Å². The Morgan fingerprint density at radius 3 is 2.33 bits per heavy atom. The van der Waals surface area contributed by atoms with Crippen molar-refractivity contribution >= 4 is 22.4 Å². The van der Waals surface area contributed by atoms with Crippen LogP contribution in [0.2, 0.25) is 5.02 Å². The monoisotopic (exact) mass is 261 g/mol. The zero-order valence-corrected chi connectivity index (χ0v) is 12.0. The van der Waals surface area contributed by atoms with Gasteiger partial charge in [-0.25, -0.2) is 0 Å². The second kappa shape index (κ2) is 5.73. The number of halogens is 1. The zero-order chi connectivity index (χ0) is 13.1. The number of hydrogen-bond acceptors (Lipinski definition) is 1. The lowest BCUT2D eigenvalue weighted by Crippen LogP contribution is -2.18. The van der Waals surface area contributed by atoms with Gasteiger partial charge < -0.3 is 5.32 Å². The molecule has 2 heteroatoms. The van der Waals surface area contributed by atoms with Gasteiger partial charge >= 0.3 is 0 Å². The van der Waals surface area contributed by atoms with E-state index in [0.29, 0.717) is 12.0 Å². The van der Waals surface area contributed by atoms with Crippen LogP contribution < -0.4 is 5.32 Å². The van der Waals surface area contributed by atoms with Crippen LogP contribution in [0.15, 0.2) is 36.4 Å². The Bertz CT molecular complexity index is 534. The van der Waals surface area contributed by atoms with Crippen molar-refractivity contribution in [3.63, 3.8) is 0 Å². The molecule has 1 N–H and O–H groups in total. The van der Waals surface area contributed by atoms with Crippen molar-refractivity contribution in [3.8, 4) is 0 Å². The van der Waals surface area contributed by atoms with Crippen LogP contribution >= 0.6 is 11.6 Å². The molecule has 0 aliphatic rings. The Labute approximate surface area is 114 Å². The fraction of sp³-hybridized carbons (Fsp3) is 0.375. The van der Waals surface area contributed by atoms with E-state index < -0.39 is 0 Å². The molecule has 0 aliphatic carbocycles. The van der Waals surface area contributed by atoms with Gasteiger partial charge in [0.1, 0.15) is 0 Å². The Kier molecular flexibility index (Phi) is 4.26. The number of hydrogen-bond donors (Lipinski definition) is 1. The number of benzene rings is 2. The van der Waals surface area contributed by atoms with Gasteiger partial charge in [-0.3, -0.25) is 0 Å². The molecule has 1 unspecified atom stereocenters. The van der Waals surface area contributed by atoms with Crippen molar-refractivity contribution in [2.24, 2.45) is 5.92 Å². The average Bonchev–Trinajstić information content (AvgIpc) is 2.37. The summed E-state index contributed by atoms with van der Waals surface area (Å²) in [5, 5.41) is 6.64. The van der Waals surface area contributed by atoms with Crippen LogP contribution in [0.25, 0.3) is 10.8 Å². The quantitative estimate of drug-likeness (QED) is 0.834. The van der Waals surface area contributed by atoms with Crippen LogP contribution in [-0.4, -0.2) is 7.05 Å². The molecule has 0 radical (unpaired) electrons. The van der Waals surface area contributed by atoms with Gasteiger partial charge in [0.2, 0.25) is 0 Å². The van der Waals surface area contributed by atoms with Crippen molar-refractivity contribution in [2.45, 2.75) is 26.3 Å². The average molecular weight is 262 g/mol. The first-order valence-corrected chi connectivity index (χ1v) is 6.85. The highest BCUT2D eigenvalue weighted by Gasteiger charge is 2.14. The van der Waals surface area contributed by atoms with Crippen LogP contribution in [0.5, 0.6) is 0 Å². The normalized spacial score (nSPS) is 13.2. The van der Waals surface area contributed by atoms with Gasteiger partial charge in [0.15, 0.2) is 0 Å². The summed E-state index contributed by atoms with van der Waals surface area (Å²) in [4.78, 5) is 0. The van der Waals surface area contributed by atoms with Crippen molar-refractivity contribution < 1.29 is 0 Å². The van der Waals surface area contributed by atoms with Gasteiger partial charge in [-0.2, -0.15) is 0 Å². The lowest BCUT2D eigenvalue weighted by atomic mass is 9.93. The highest BCUT2D eigenvalue weighted by molar-refractivity contribution is 6.35. The SMILES string of the molecule is CNC(CC(C)C)c1ccc(Cl)c2ccccc12. The molecule has 18 heavy (non-hydrogen) atoms. The number of fused-ring (bicyclic) bond motifs is 1. The molecule has 0 aromatic heterocycles. The zero-order valence-electron chi connectivity index (χ0n) is 11.2. The van der Waals surface area contributed by atoms with Crippen LogP contribution in [0.4, 0.5) is 0 Å². The topological polar surface area (TPSA) is 12.0 Å². The molecule has 2 aromatic rings. The molecule has 0 aliphatic heterocycles. The molecule has 0 spiro atoms. The molecule has 96 valence electrons. The summed E-state index contributed by atoms with van der Waals surface area (Å²) in [6.45, 7) is 4.50. The summed E-state index contributed by atoms with van der Waals surface area (Å²) >= 11 is 6.26. The molecule has 0 saturated carbocycles. The van der Waals surface area contributed by atoms with E-state index in [0.717, 1.165) is 16.8 Å². The Balaban J connectivity index is 2.53. The molecule has 0 fully saturated rings. The second-order valence-electron chi connectivity index (χ2n) is 5.15. The van der Waals surface area contributed by atoms with E-state index in [2.05, 4.69) is 43.4 Å². The van der Waals surface area contributed by atoms with Crippen molar-refractivity contribution in [1.29, 1.82) is 0 Å². The van der Waals surface area contributed by atoms with E-state index in [1.165, 1.54) is 10.9 Å². The van der Waals surface area contributed by atoms with Gasteiger partial charge in [0.05, 0.1) is 0 Å². The van der Waals surface area contributed by atoms with Crippen molar-refractivity contribution in [2.75, 3.05) is 7.05 Å². The number of rotatable bonds is 4. The van der Waals surface area contributed by atoms with Gasteiger partial charge in [-0.1, -0.05) is 55.8 Å². The predicted octanol–water partition coefficient (Wildman–Crippen LogP) is 4.80. The Hall–Kier alpha value is -1.05. The molecule has 2 rings (SSSR count). The molecular formula is C16H20ClN. The lowest BCUT2D eigenvalue weighted by molar-refractivity contribution is 0.459. The summed E-state index contributed by atoms with van der Waals surface area (Å²) < 4.78 is 0. The first-order valence-electron chi connectivity index (χ1n) is 6.48. The van der Waals surface area contributed by atoms with E-state index in [-0.39, 0.29) is 0 Å².